The molecule has 1 unspecified atom stereocenters. The molecule has 0 aliphatic carbocycles. The van der Waals surface area contributed by atoms with Crippen LogP contribution in [-0.4, -0.2) is 47.3 Å². The SMILES string of the molecule is CC(C)(C)OC(=O)N1CCNC(c2ccc(C(=O)O)cc2)C1. The summed E-state index contributed by atoms with van der Waals surface area (Å²) >= 11 is 0. The number of benzene rings is 1. The van der Waals surface area contributed by atoms with Crippen LogP contribution in [0.25, 0.3) is 0 Å². The van der Waals surface area contributed by atoms with Gasteiger partial charge in [0.05, 0.1) is 11.6 Å². The first-order chi connectivity index (χ1) is 10.3. The van der Waals surface area contributed by atoms with Crippen molar-refractivity contribution in [2.75, 3.05) is 19.6 Å². The van der Waals surface area contributed by atoms with Crippen molar-refractivity contribution in [2.45, 2.75) is 32.4 Å². The average Bonchev–Trinajstić information content (AvgIpc) is 2.46. The van der Waals surface area contributed by atoms with Crippen LogP contribution in [0.1, 0.15) is 42.7 Å². The van der Waals surface area contributed by atoms with Gasteiger partial charge in [-0.25, -0.2) is 9.59 Å². The number of nitrogens with one attached hydrogen (secondary N) is 1. The maximum Gasteiger partial charge on any atom is 0.410 e. The Morgan fingerprint density at radius 3 is 2.45 bits per heavy atom. The lowest BCUT2D eigenvalue weighted by Crippen LogP contribution is -2.49. The maximum absolute atomic E-state index is 12.1. The fourth-order valence-corrected chi connectivity index (χ4v) is 2.32. The summed E-state index contributed by atoms with van der Waals surface area (Å²) < 4.78 is 5.39. The van der Waals surface area contributed by atoms with Crippen LogP contribution in [0, 0.1) is 0 Å². The van der Waals surface area contributed by atoms with E-state index in [1.807, 2.05) is 20.8 Å². The molecule has 2 rings (SSSR count). The zero-order valence-electron chi connectivity index (χ0n) is 13.1. The molecule has 120 valence electrons. The summed E-state index contributed by atoms with van der Waals surface area (Å²) in [6.45, 7) is 7.30. The van der Waals surface area contributed by atoms with Gasteiger partial charge in [0.15, 0.2) is 0 Å². The van der Waals surface area contributed by atoms with Crippen LogP contribution in [0.15, 0.2) is 24.3 Å². The molecular weight excluding hydrogens is 284 g/mol. The topological polar surface area (TPSA) is 78.9 Å². The first-order valence-electron chi connectivity index (χ1n) is 7.31. The molecule has 1 aromatic carbocycles. The van der Waals surface area contributed by atoms with Crippen molar-refractivity contribution in [3.05, 3.63) is 35.4 Å². The Morgan fingerprint density at radius 1 is 1.27 bits per heavy atom. The van der Waals surface area contributed by atoms with E-state index in [9.17, 15) is 9.59 Å². The molecule has 22 heavy (non-hydrogen) atoms. The number of carbonyl (C=O) groups is 2. The molecule has 0 spiro atoms. The van der Waals surface area contributed by atoms with E-state index in [4.69, 9.17) is 9.84 Å². The lowest BCUT2D eigenvalue weighted by atomic mass is 10.0. The van der Waals surface area contributed by atoms with Crippen molar-refractivity contribution in [1.29, 1.82) is 0 Å². The predicted molar refractivity (Wildman–Crippen MR) is 82.0 cm³/mol. The number of hydrogen-bond donors (Lipinski definition) is 2. The molecule has 6 heteroatoms. The second-order valence-electron chi connectivity index (χ2n) is 6.36. The van der Waals surface area contributed by atoms with Crippen LogP contribution in [0.3, 0.4) is 0 Å². The summed E-state index contributed by atoms with van der Waals surface area (Å²) in [5.74, 6) is -0.946. The highest BCUT2D eigenvalue weighted by Gasteiger charge is 2.28. The Labute approximate surface area is 130 Å². The molecule has 1 heterocycles. The quantitative estimate of drug-likeness (QED) is 0.876. The minimum absolute atomic E-state index is 0.0240. The van der Waals surface area contributed by atoms with E-state index in [0.29, 0.717) is 19.6 Å². The summed E-state index contributed by atoms with van der Waals surface area (Å²) in [7, 11) is 0. The van der Waals surface area contributed by atoms with Crippen molar-refractivity contribution in [3.63, 3.8) is 0 Å². The number of carboxylic acid groups (broad SMARTS) is 1. The highest BCUT2D eigenvalue weighted by atomic mass is 16.6. The van der Waals surface area contributed by atoms with Crippen molar-refractivity contribution in [2.24, 2.45) is 0 Å². The van der Waals surface area contributed by atoms with Gasteiger partial charge in [0.2, 0.25) is 0 Å². The molecule has 1 aliphatic heterocycles. The molecule has 1 aromatic rings. The van der Waals surface area contributed by atoms with Crippen molar-refractivity contribution >= 4 is 12.1 Å². The molecular formula is C16H22N2O4. The molecule has 0 radical (unpaired) electrons. The van der Waals surface area contributed by atoms with Crippen molar-refractivity contribution in [1.82, 2.24) is 10.2 Å². The summed E-state index contributed by atoms with van der Waals surface area (Å²) in [4.78, 5) is 24.7. The van der Waals surface area contributed by atoms with Crippen LogP contribution in [0.2, 0.25) is 0 Å². The summed E-state index contributed by atoms with van der Waals surface area (Å²) in [6, 6.07) is 6.68. The molecule has 6 nitrogen and oxygen atoms in total. The standard InChI is InChI=1S/C16H22N2O4/c1-16(2,3)22-15(21)18-9-8-17-13(10-18)11-4-6-12(7-5-11)14(19)20/h4-7,13,17H,8-10H2,1-3H3,(H,19,20). The summed E-state index contributed by atoms with van der Waals surface area (Å²) in [6.07, 6.45) is -0.318. The van der Waals surface area contributed by atoms with E-state index < -0.39 is 11.6 Å². The summed E-state index contributed by atoms with van der Waals surface area (Å²) in [5, 5.41) is 12.3. The maximum atomic E-state index is 12.1. The molecule has 1 fully saturated rings. The average molecular weight is 306 g/mol. The highest BCUT2D eigenvalue weighted by Crippen LogP contribution is 2.20. The third kappa shape index (κ3) is 4.21. The van der Waals surface area contributed by atoms with Gasteiger partial charge in [0.1, 0.15) is 5.60 Å². The van der Waals surface area contributed by atoms with Crippen LogP contribution in [-0.2, 0) is 4.74 Å². The van der Waals surface area contributed by atoms with Gasteiger partial charge >= 0.3 is 12.1 Å². The molecule has 1 amide bonds. The Hall–Kier alpha value is -2.08. The number of aromatic carboxylic acids is 1. The van der Waals surface area contributed by atoms with Crippen LogP contribution >= 0.6 is 0 Å². The van der Waals surface area contributed by atoms with E-state index in [1.165, 1.54) is 0 Å². The number of nitrogens with zero attached hydrogens (tertiary/aromatic N) is 1. The smallest absolute Gasteiger partial charge is 0.410 e. The van der Waals surface area contributed by atoms with Gasteiger partial charge in [0.25, 0.3) is 0 Å². The van der Waals surface area contributed by atoms with E-state index in [2.05, 4.69) is 5.32 Å². The number of piperazine rings is 1. The normalized spacial score (nSPS) is 18.9. The number of hydrogen-bond acceptors (Lipinski definition) is 4. The number of rotatable bonds is 2. The Kier molecular flexibility index (Phi) is 4.71. The Bertz CT molecular complexity index is 548. The number of carboxylic acids is 1. The third-order valence-corrected chi connectivity index (χ3v) is 3.39. The molecule has 0 bridgehead atoms. The fraction of sp³-hybridized carbons (Fsp3) is 0.500. The van der Waals surface area contributed by atoms with Crippen LogP contribution in [0.4, 0.5) is 4.79 Å². The minimum Gasteiger partial charge on any atom is -0.478 e. The van der Waals surface area contributed by atoms with Gasteiger partial charge < -0.3 is 20.1 Å². The minimum atomic E-state index is -0.946. The van der Waals surface area contributed by atoms with Gasteiger partial charge in [-0.15, -0.1) is 0 Å². The molecule has 2 N–H and O–H groups in total. The van der Waals surface area contributed by atoms with Gasteiger partial charge in [-0.1, -0.05) is 12.1 Å². The monoisotopic (exact) mass is 306 g/mol. The van der Waals surface area contributed by atoms with Gasteiger partial charge in [0, 0.05) is 19.6 Å². The largest absolute Gasteiger partial charge is 0.478 e. The zero-order chi connectivity index (χ0) is 16.3. The molecule has 1 aliphatic rings. The van der Waals surface area contributed by atoms with Crippen molar-refractivity contribution in [3.8, 4) is 0 Å². The number of amides is 1. The third-order valence-electron chi connectivity index (χ3n) is 3.39. The molecule has 0 aromatic heterocycles. The van der Waals surface area contributed by atoms with Gasteiger partial charge in [-0.05, 0) is 38.5 Å². The predicted octanol–water partition coefficient (Wildman–Crippen LogP) is 2.27. The molecule has 1 atom stereocenters. The number of carbonyl (C=O) groups excluding carboxylic acids is 1. The van der Waals surface area contributed by atoms with E-state index in [1.54, 1.807) is 29.2 Å². The fourth-order valence-electron chi connectivity index (χ4n) is 2.32. The second kappa shape index (κ2) is 6.36. The Balaban J connectivity index is 2.04. The van der Waals surface area contributed by atoms with E-state index >= 15 is 0 Å². The zero-order valence-corrected chi connectivity index (χ0v) is 13.1. The van der Waals surface area contributed by atoms with Crippen LogP contribution < -0.4 is 5.32 Å². The van der Waals surface area contributed by atoms with Gasteiger partial charge in [-0.3, -0.25) is 0 Å². The Morgan fingerprint density at radius 2 is 1.91 bits per heavy atom. The lowest BCUT2D eigenvalue weighted by Gasteiger charge is -2.35. The first kappa shape index (κ1) is 16.3. The van der Waals surface area contributed by atoms with E-state index in [-0.39, 0.29) is 17.7 Å². The lowest BCUT2D eigenvalue weighted by molar-refractivity contribution is 0.0195. The first-order valence-corrected chi connectivity index (χ1v) is 7.31. The molecule has 0 saturated carbocycles. The molecule has 1 saturated heterocycles. The van der Waals surface area contributed by atoms with Crippen molar-refractivity contribution < 1.29 is 19.4 Å². The number of ether oxygens (including phenoxy) is 1. The highest BCUT2D eigenvalue weighted by molar-refractivity contribution is 5.87. The van der Waals surface area contributed by atoms with Gasteiger partial charge in [-0.2, -0.15) is 0 Å². The second-order valence-corrected chi connectivity index (χ2v) is 6.36. The van der Waals surface area contributed by atoms with E-state index in [0.717, 1.165) is 5.56 Å². The summed E-state index contributed by atoms with van der Waals surface area (Å²) in [5.41, 5.74) is 0.697. The van der Waals surface area contributed by atoms with Crippen LogP contribution in [0.5, 0.6) is 0 Å².